The number of hydrogen-bond acceptors (Lipinski definition) is 0. The molecule has 0 nitrogen and oxygen atoms in total. The van der Waals surface area contributed by atoms with Crippen LogP contribution in [0.2, 0.25) is 0 Å². The van der Waals surface area contributed by atoms with Crippen LogP contribution < -0.4 is 47.7 Å². The normalized spacial score (nSPS) is 10.4. The summed E-state index contributed by atoms with van der Waals surface area (Å²) in [6, 6.07) is 97.0. The molecule has 0 aliphatic carbocycles. The van der Waals surface area contributed by atoms with Crippen molar-refractivity contribution in [2.45, 2.75) is 7.43 Å². The molecule has 9 aromatic carbocycles. The van der Waals surface area contributed by atoms with Gasteiger partial charge in [0.25, 0.3) is 0 Å². The van der Waals surface area contributed by atoms with Gasteiger partial charge in [0, 0.05) is 0 Å². The fourth-order valence-electron chi connectivity index (χ4n) is 6.54. The first-order chi connectivity index (χ1) is 28.3. The molecular formula is C55H49P3. The predicted octanol–water partition coefficient (Wildman–Crippen LogP) is 11.0. The van der Waals surface area contributed by atoms with Crippen LogP contribution in [0, 0.1) is 0 Å². The SMILES string of the molecule is C.c1ccc(P(c2ccccc2)c2ccccc2)cc1.c1ccc(P(c2ccccc2)c2ccccc2)cc1.c1ccc(P(c2ccccc2)c2ccccc2)cc1. The topological polar surface area (TPSA) is 0 Å². The van der Waals surface area contributed by atoms with E-state index in [1.165, 1.54) is 47.7 Å². The van der Waals surface area contributed by atoms with Crippen molar-refractivity contribution < 1.29 is 0 Å². The first kappa shape index (κ1) is 41.9. The zero-order valence-electron chi connectivity index (χ0n) is 31.8. The van der Waals surface area contributed by atoms with Crippen LogP contribution in [0.15, 0.2) is 273 Å². The maximum Gasteiger partial charge on any atom is -0.0134 e. The van der Waals surface area contributed by atoms with Gasteiger partial charge in [-0.25, -0.2) is 0 Å². The summed E-state index contributed by atoms with van der Waals surface area (Å²) in [5.74, 6) is 0. The molecule has 58 heavy (non-hydrogen) atoms. The van der Waals surface area contributed by atoms with Crippen molar-refractivity contribution in [1.82, 2.24) is 0 Å². The molecule has 9 rings (SSSR count). The van der Waals surface area contributed by atoms with Crippen LogP contribution in [0.3, 0.4) is 0 Å². The maximum atomic E-state index is 2.23. The van der Waals surface area contributed by atoms with Crippen LogP contribution in [-0.2, 0) is 0 Å². The third-order valence-corrected chi connectivity index (χ3v) is 16.5. The molecule has 0 aliphatic rings. The van der Waals surface area contributed by atoms with Gasteiger partial charge >= 0.3 is 0 Å². The molecule has 0 heterocycles. The summed E-state index contributed by atoms with van der Waals surface area (Å²) in [4.78, 5) is 0. The second-order valence-electron chi connectivity index (χ2n) is 13.0. The van der Waals surface area contributed by atoms with E-state index in [4.69, 9.17) is 0 Å². The second-order valence-corrected chi connectivity index (χ2v) is 19.7. The minimum Gasteiger partial charge on any atom is -0.0776 e. The van der Waals surface area contributed by atoms with Crippen molar-refractivity contribution in [3.05, 3.63) is 273 Å². The minimum atomic E-state index is -0.446. The van der Waals surface area contributed by atoms with E-state index >= 15 is 0 Å². The van der Waals surface area contributed by atoms with Crippen molar-refractivity contribution in [3.63, 3.8) is 0 Å². The number of rotatable bonds is 9. The van der Waals surface area contributed by atoms with Gasteiger partial charge < -0.3 is 0 Å². The number of hydrogen-bond donors (Lipinski definition) is 0. The Bertz CT molecular complexity index is 1850. The molecule has 0 atom stereocenters. The largest absolute Gasteiger partial charge is 0.0776 e. The first-order valence-corrected chi connectivity index (χ1v) is 23.2. The first-order valence-electron chi connectivity index (χ1n) is 19.2. The van der Waals surface area contributed by atoms with Crippen LogP contribution in [0.5, 0.6) is 0 Å². The predicted molar refractivity (Wildman–Crippen MR) is 262 cm³/mol. The summed E-state index contributed by atoms with van der Waals surface area (Å²) >= 11 is 0. The van der Waals surface area contributed by atoms with Gasteiger partial charge in [-0.05, 0) is 71.5 Å². The Balaban J connectivity index is 0.000000145. The lowest BCUT2D eigenvalue weighted by molar-refractivity contribution is 1.74. The van der Waals surface area contributed by atoms with Crippen LogP contribution in [0.25, 0.3) is 0 Å². The summed E-state index contributed by atoms with van der Waals surface area (Å²) in [7, 11) is -1.34. The highest BCUT2D eigenvalue weighted by molar-refractivity contribution is 7.80. The van der Waals surface area contributed by atoms with E-state index in [0.29, 0.717) is 0 Å². The van der Waals surface area contributed by atoms with E-state index in [1.54, 1.807) is 0 Å². The van der Waals surface area contributed by atoms with Crippen molar-refractivity contribution in [3.8, 4) is 0 Å². The average molecular weight is 803 g/mol. The molecular weight excluding hydrogens is 754 g/mol. The lowest BCUT2D eigenvalue weighted by Gasteiger charge is -2.18. The van der Waals surface area contributed by atoms with Crippen molar-refractivity contribution in [2.75, 3.05) is 0 Å². The fourth-order valence-corrected chi connectivity index (χ4v) is 13.5. The Hall–Kier alpha value is -5.73. The van der Waals surface area contributed by atoms with Crippen molar-refractivity contribution in [1.29, 1.82) is 0 Å². The van der Waals surface area contributed by atoms with Gasteiger partial charge in [0.2, 0.25) is 0 Å². The van der Waals surface area contributed by atoms with Crippen LogP contribution in [0.1, 0.15) is 7.43 Å². The zero-order chi connectivity index (χ0) is 38.7. The van der Waals surface area contributed by atoms with Crippen LogP contribution in [0.4, 0.5) is 0 Å². The molecule has 0 spiro atoms. The Morgan fingerprint density at radius 1 is 0.138 bits per heavy atom. The van der Waals surface area contributed by atoms with E-state index in [0.717, 1.165) is 0 Å². The van der Waals surface area contributed by atoms with Gasteiger partial charge in [0.15, 0.2) is 0 Å². The number of benzene rings is 9. The molecule has 0 radical (unpaired) electrons. The van der Waals surface area contributed by atoms with E-state index in [-0.39, 0.29) is 7.43 Å². The third kappa shape index (κ3) is 11.7. The lowest BCUT2D eigenvalue weighted by Crippen LogP contribution is -2.20. The van der Waals surface area contributed by atoms with Crippen molar-refractivity contribution in [2.24, 2.45) is 0 Å². The Morgan fingerprint density at radius 2 is 0.224 bits per heavy atom. The summed E-state index contributed by atoms with van der Waals surface area (Å²) in [5.41, 5.74) is 0. The smallest absolute Gasteiger partial charge is 0.0134 e. The highest BCUT2D eigenvalue weighted by Crippen LogP contribution is 2.34. The van der Waals surface area contributed by atoms with Crippen LogP contribution in [-0.4, -0.2) is 0 Å². The van der Waals surface area contributed by atoms with Gasteiger partial charge in [-0.3, -0.25) is 0 Å². The molecule has 0 saturated heterocycles. The molecule has 0 unspecified atom stereocenters. The Kier molecular flexibility index (Phi) is 16.5. The summed E-state index contributed by atoms with van der Waals surface area (Å²) in [6.45, 7) is 0. The molecule has 9 aromatic rings. The standard InChI is InChI=1S/3C18H15P.CH4/c3*1-4-10-16(11-5-1)19(17-12-6-2-7-13-17)18-14-8-3-9-15-18;/h3*1-15H;1H4. The molecule has 284 valence electrons. The molecule has 0 N–H and O–H groups in total. The van der Waals surface area contributed by atoms with Gasteiger partial charge in [-0.1, -0.05) is 280 Å². The summed E-state index contributed by atoms with van der Waals surface area (Å²) in [6.07, 6.45) is 0. The van der Waals surface area contributed by atoms with Gasteiger partial charge in [-0.15, -0.1) is 0 Å². The summed E-state index contributed by atoms with van der Waals surface area (Å²) < 4.78 is 0. The fraction of sp³-hybridized carbons (Fsp3) is 0.0182. The Morgan fingerprint density at radius 3 is 0.310 bits per heavy atom. The maximum absolute atomic E-state index is 2.23. The lowest BCUT2D eigenvalue weighted by atomic mass is 10.4. The van der Waals surface area contributed by atoms with E-state index in [9.17, 15) is 0 Å². The molecule has 0 amide bonds. The highest BCUT2D eigenvalue weighted by Gasteiger charge is 2.17. The monoisotopic (exact) mass is 802 g/mol. The average Bonchev–Trinajstić information content (AvgIpc) is 3.30. The molecule has 0 bridgehead atoms. The quantitative estimate of drug-likeness (QED) is 0.128. The van der Waals surface area contributed by atoms with Crippen LogP contribution >= 0.6 is 23.8 Å². The van der Waals surface area contributed by atoms with E-state index in [2.05, 4.69) is 273 Å². The van der Waals surface area contributed by atoms with Gasteiger partial charge in [0.05, 0.1) is 0 Å². The van der Waals surface area contributed by atoms with Gasteiger partial charge in [0.1, 0.15) is 0 Å². The molecule has 0 aromatic heterocycles. The zero-order valence-corrected chi connectivity index (χ0v) is 34.5. The summed E-state index contributed by atoms with van der Waals surface area (Å²) in [5, 5.41) is 12.6. The molecule has 0 aliphatic heterocycles. The van der Waals surface area contributed by atoms with E-state index < -0.39 is 23.8 Å². The molecule has 0 saturated carbocycles. The minimum absolute atomic E-state index is 0. The molecule has 0 fully saturated rings. The van der Waals surface area contributed by atoms with Gasteiger partial charge in [-0.2, -0.15) is 0 Å². The van der Waals surface area contributed by atoms with Crippen molar-refractivity contribution >= 4 is 71.5 Å². The van der Waals surface area contributed by atoms with E-state index in [1.807, 2.05) is 0 Å². The Labute approximate surface area is 350 Å². The second kappa shape index (κ2) is 22.9. The molecule has 3 heteroatoms. The highest BCUT2D eigenvalue weighted by atomic mass is 31.1. The third-order valence-electron chi connectivity index (χ3n) is 9.13.